The molecule has 1 aliphatic heterocycles. The summed E-state index contributed by atoms with van der Waals surface area (Å²) in [5.41, 5.74) is 6.56. The van der Waals surface area contributed by atoms with Crippen LogP contribution in [-0.4, -0.2) is 27.4 Å². The molecule has 2 aromatic heterocycles. The molecule has 1 atom stereocenters. The minimum absolute atomic E-state index is 0.0547. The van der Waals surface area contributed by atoms with Gasteiger partial charge in [-0.25, -0.2) is 19.7 Å². The number of thiazole rings is 1. The number of aromatic amines is 2. The Morgan fingerprint density at radius 3 is 2.96 bits per heavy atom. The largest absolute Gasteiger partial charge is 0.322 e. The Labute approximate surface area is 166 Å². The Morgan fingerprint density at radius 1 is 1.25 bits per heavy atom. The van der Waals surface area contributed by atoms with Crippen LogP contribution in [0.3, 0.4) is 0 Å². The monoisotopic (exact) mass is 390 g/mol. The third-order valence-electron chi connectivity index (χ3n) is 5.18. The number of carbonyl (C=O) groups is 1. The summed E-state index contributed by atoms with van der Waals surface area (Å²) in [4.78, 5) is 25.8. The maximum absolute atomic E-state index is 12.9. The van der Waals surface area contributed by atoms with E-state index in [1.165, 1.54) is 5.56 Å². The van der Waals surface area contributed by atoms with Crippen LogP contribution in [0.1, 0.15) is 24.4 Å². The van der Waals surface area contributed by atoms with Crippen LogP contribution in [0.15, 0.2) is 59.4 Å². The van der Waals surface area contributed by atoms with Gasteiger partial charge in [-0.3, -0.25) is 0 Å². The van der Waals surface area contributed by atoms with E-state index in [2.05, 4.69) is 32.4 Å². The van der Waals surface area contributed by atoms with Gasteiger partial charge in [-0.1, -0.05) is 30.3 Å². The second-order valence-corrected chi connectivity index (χ2v) is 7.67. The van der Waals surface area contributed by atoms with Gasteiger partial charge in [0.15, 0.2) is 16.7 Å². The number of hydrogen-bond donors (Lipinski definition) is 2. The predicted molar refractivity (Wildman–Crippen MR) is 110 cm³/mol. The first-order valence-corrected chi connectivity index (χ1v) is 10.3. The Morgan fingerprint density at radius 2 is 2.14 bits per heavy atom. The molecule has 1 saturated heterocycles. The van der Waals surface area contributed by atoms with Gasteiger partial charge >= 0.3 is 11.9 Å². The standard InChI is InChI=1S/C21H19N5OS/c27-21(26-10-4-7-19(26)14-5-2-1-3-6-14)23-15-8-9-16-17(11-15)25-20(24-16)18-12-28-13-22-18/h1-3,5-6,8-9,11-13,19H,4,7,10H2,(H,23,27)(H,24,25)/p+1. The highest BCUT2D eigenvalue weighted by Gasteiger charge is 2.30. The molecule has 140 valence electrons. The lowest BCUT2D eigenvalue weighted by Gasteiger charge is -2.25. The molecule has 0 saturated carbocycles. The number of nitrogens with zero attached hydrogens (tertiary/aromatic N) is 2. The fraction of sp³-hybridized carbons (Fsp3) is 0.190. The lowest BCUT2D eigenvalue weighted by molar-refractivity contribution is -0.330. The average molecular weight is 390 g/mol. The van der Waals surface area contributed by atoms with Gasteiger partial charge in [0.1, 0.15) is 0 Å². The maximum atomic E-state index is 12.9. The summed E-state index contributed by atoms with van der Waals surface area (Å²) in [5, 5.41) is 5.05. The van der Waals surface area contributed by atoms with Gasteiger partial charge in [0.25, 0.3) is 0 Å². The minimum Gasteiger partial charge on any atom is -0.317 e. The molecular weight excluding hydrogens is 370 g/mol. The van der Waals surface area contributed by atoms with Crippen LogP contribution in [0.25, 0.3) is 22.6 Å². The number of benzene rings is 2. The molecular formula is C21H20N5OS+. The zero-order valence-electron chi connectivity index (χ0n) is 15.2. The van der Waals surface area contributed by atoms with E-state index >= 15 is 0 Å². The van der Waals surface area contributed by atoms with Crippen molar-refractivity contribution < 1.29 is 9.78 Å². The van der Waals surface area contributed by atoms with E-state index < -0.39 is 0 Å². The number of rotatable bonds is 3. The zero-order chi connectivity index (χ0) is 18.9. The van der Waals surface area contributed by atoms with Crippen molar-refractivity contribution in [2.75, 3.05) is 11.9 Å². The van der Waals surface area contributed by atoms with E-state index in [1.54, 1.807) is 16.8 Å². The van der Waals surface area contributed by atoms with Crippen LogP contribution in [0.5, 0.6) is 0 Å². The molecule has 0 aliphatic carbocycles. The molecule has 4 aromatic rings. The maximum Gasteiger partial charge on any atom is 0.322 e. The Kier molecular flexibility index (Phi) is 4.29. The summed E-state index contributed by atoms with van der Waals surface area (Å²) in [6.07, 6.45) is 2.02. The lowest BCUT2D eigenvalue weighted by Crippen LogP contribution is -2.34. The highest BCUT2D eigenvalue weighted by atomic mass is 32.1. The van der Waals surface area contributed by atoms with E-state index in [0.29, 0.717) is 0 Å². The summed E-state index contributed by atoms with van der Waals surface area (Å²) in [7, 11) is 0. The molecule has 1 fully saturated rings. The van der Waals surface area contributed by atoms with Crippen LogP contribution in [-0.2, 0) is 0 Å². The van der Waals surface area contributed by atoms with Crippen LogP contribution in [0, 0.1) is 0 Å². The van der Waals surface area contributed by atoms with Crippen LogP contribution >= 0.6 is 11.3 Å². The molecule has 0 spiro atoms. The number of likely N-dealkylation sites (tertiary alicyclic amines) is 1. The number of amides is 2. The van der Waals surface area contributed by atoms with Crippen LogP contribution < -0.4 is 10.3 Å². The lowest BCUT2D eigenvalue weighted by atomic mass is 10.1. The van der Waals surface area contributed by atoms with Crippen LogP contribution in [0.4, 0.5) is 10.5 Å². The van der Waals surface area contributed by atoms with Crippen molar-refractivity contribution in [1.29, 1.82) is 0 Å². The third-order valence-corrected chi connectivity index (χ3v) is 5.76. The zero-order valence-corrected chi connectivity index (χ0v) is 16.0. The van der Waals surface area contributed by atoms with Gasteiger partial charge in [-0.15, -0.1) is 11.3 Å². The number of fused-ring (bicyclic) bond motifs is 1. The van der Waals surface area contributed by atoms with E-state index in [-0.39, 0.29) is 12.1 Å². The molecule has 0 radical (unpaired) electrons. The SMILES string of the molecule is O=C(Nc1ccc2[nH+]c(-c3cscn3)[nH]c2c1)N1CCCC1c1ccccc1. The van der Waals surface area contributed by atoms with Gasteiger partial charge in [-0.2, -0.15) is 0 Å². The highest BCUT2D eigenvalue weighted by Crippen LogP contribution is 2.32. The number of H-pyrrole nitrogens is 2. The molecule has 3 heterocycles. The van der Waals surface area contributed by atoms with Gasteiger partial charge in [-0.05, 0) is 30.5 Å². The van der Waals surface area contributed by atoms with Gasteiger partial charge in [0.05, 0.1) is 11.6 Å². The number of nitrogens with one attached hydrogen (secondary N) is 3. The number of urea groups is 1. The number of carbonyl (C=O) groups excluding carboxylic acids is 1. The summed E-state index contributed by atoms with van der Waals surface area (Å²) in [6, 6.07) is 16.2. The van der Waals surface area contributed by atoms with Crippen LogP contribution in [0.2, 0.25) is 0 Å². The molecule has 7 heteroatoms. The van der Waals surface area contributed by atoms with Gasteiger partial charge in [0, 0.05) is 23.7 Å². The Bertz CT molecular complexity index is 1110. The summed E-state index contributed by atoms with van der Waals surface area (Å²) in [6.45, 7) is 0.776. The van der Waals surface area contributed by atoms with Crippen molar-refractivity contribution in [3.63, 3.8) is 0 Å². The van der Waals surface area contributed by atoms with E-state index in [1.807, 2.05) is 46.7 Å². The average Bonchev–Trinajstić information content (AvgIpc) is 3.47. The Balaban J connectivity index is 1.36. The van der Waals surface area contributed by atoms with Crippen molar-refractivity contribution in [3.05, 3.63) is 65.0 Å². The van der Waals surface area contributed by atoms with Gasteiger partial charge < -0.3 is 10.2 Å². The number of aromatic nitrogens is 3. The molecule has 3 N–H and O–H groups in total. The topological polar surface area (TPSA) is 75.2 Å². The summed E-state index contributed by atoms with van der Waals surface area (Å²) >= 11 is 1.55. The molecule has 0 bridgehead atoms. The molecule has 2 amide bonds. The van der Waals surface area contributed by atoms with Crippen molar-refractivity contribution in [1.82, 2.24) is 14.9 Å². The first kappa shape index (κ1) is 16.9. The molecule has 1 aliphatic rings. The van der Waals surface area contributed by atoms with E-state index in [0.717, 1.165) is 47.6 Å². The van der Waals surface area contributed by atoms with Crippen molar-refractivity contribution in [2.45, 2.75) is 18.9 Å². The molecule has 2 aromatic carbocycles. The predicted octanol–water partition coefficient (Wildman–Crippen LogP) is 4.47. The van der Waals surface area contributed by atoms with Crippen molar-refractivity contribution in [2.24, 2.45) is 0 Å². The summed E-state index contributed by atoms with van der Waals surface area (Å²) < 4.78 is 0. The van der Waals surface area contributed by atoms with Gasteiger partial charge in [0.2, 0.25) is 0 Å². The smallest absolute Gasteiger partial charge is 0.317 e. The highest BCUT2D eigenvalue weighted by molar-refractivity contribution is 7.07. The van der Waals surface area contributed by atoms with E-state index in [4.69, 9.17) is 0 Å². The normalized spacial score (nSPS) is 16.6. The first-order valence-electron chi connectivity index (χ1n) is 9.34. The quantitative estimate of drug-likeness (QED) is 0.541. The molecule has 6 nitrogen and oxygen atoms in total. The molecule has 28 heavy (non-hydrogen) atoms. The summed E-state index contributed by atoms with van der Waals surface area (Å²) in [5.74, 6) is 0.864. The Hall–Kier alpha value is -3.19. The molecule has 1 unspecified atom stereocenters. The second kappa shape index (κ2) is 7.09. The minimum atomic E-state index is -0.0547. The number of hydrogen-bond acceptors (Lipinski definition) is 3. The third kappa shape index (κ3) is 3.14. The fourth-order valence-electron chi connectivity index (χ4n) is 3.83. The fourth-order valence-corrected chi connectivity index (χ4v) is 4.37. The van der Waals surface area contributed by atoms with E-state index in [9.17, 15) is 4.79 Å². The van der Waals surface area contributed by atoms with Crippen molar-refractivity contribution in [3.8, 4) is 11.5 Å². The molecule has 5 rings (SSSR count). The second-order valence-electron chi connectivity index (χ2n) is 6.95. The van der Waals surface area contributed by atoms with Crippen molar-refractivity contribution >= 4 is 34.1 Å². The number of anilines is 1. The number of imidazole rings is 1. The first-order chi connectivity index (χ1) is 13.8.